The molecule has 0 atom stereocenters. The van der Waals surface area contributed by atoms with Crippen LogP contribution in [0.4, 0.5) is 0 Å². The molecular weight excluding hydrogens is 256 g/mol. The first-order chi connectivity index (χ1) is 9.36. The number of hydrogen-bond acceptors (Lipinski definition) is 3. The van der Waals surface area contributed by atoms with Crippen molar-refractivity contribution in [2.24, 2.45) is 0 Å². The van der Waals surface area contributed by atoms with Crippen molar-refractivity contribution in [3.63, 3.8) is 0 Å². The Balaban J connectivity index is 1.74. The Morgan fingerprint density at radius 2 is 1.84 bits per heavy atom. The van der Waals surface area contributed by atoms with E-state index in [4.69, 9.17) is 5.11 Å². The lowest BCUT2D eigenvalue weighted by Crippen LogP contribution is -1.88. The van der Waals surface area contributed by atoms with Gasteiger partial charge in [0.25, 0.3) is 0 Å². The lowest BCUT2D eigenvalue weighted by atomic mass is 10.2. The van der Waals surface area contributed by atoms with E-state index in [2.05, 4.69) is 9.38 Å². The van der Waals surface area contributed by atoms with E-state index < -0.39 is 0 Å². The maximum Gasteiger partial charge on any atom is 0.172 e. The second kappa shape index (κ2) is 5.47. The Morgan fingerprint density at radius 3 is 2.63 bits per heavy atom. The highest BCUT2D eigenvalue weighted by Gasteiger charge is 2.03. The van der Waals surface area contributed by atoms with Gasteiger partial charge in [-0.25, -0.2) is 4.98 Å². The summed E-state index contributed by atoms with van der Waals surface area (Å²) in [5.41, 5.74) is 3.29. The summed E-state index contributed by atoms with van der Waals surface area (Å²) in [6, 6.07) is 14.1. The van der Waals surface area contributed by atoms with Crippen LogP contribution in [0.3, 0.4) is 0 Å². The Hall–Kier alpha value is -1.78. The van der Waals surface area contributed by atoms with Crippen LogP contribution >= 0.6 is 11.8 Å². The molecule has 96 valence electrons. The van der Waals surface area contributed by atoms with E-state index in [1.807, 2.05) is 54.9 Å². The van der Waals surface area contributed by atoms with Crippen LogP contribution in [0.15, 0.2) is 60.0 Å². The fourth-order valence-corrected chi connectivity index (χ4v) is 2.84. The van der Waals surface area contributed by atoms with Crippen molar-refractivity contribution < 1.29 is 5.11 Å². The van der Waals surface area contributed by atoms with E-state index in [-0.39, 0.29) is 6.61 Å². The van der Waals surface area contributed by atoms with Crippen molar-refractivity contribution in [3.05, 3.63) is 66.0 Å². The van der Waals surface area contributed by atoms with Gasteiger partial charge in [-0.2, -0.15) is 0 Å². The number of pyridine rings is 1. The highest BCUT2D eigenvalue weighted by molar-refractivity contribution is 7.98. The summed E-state index contributed by atoms with van der Waals surface area (Å²) in [6.45, 7) is 0.0956. The van der Waals surface area contributed by atoms with Crippen LogP contribution in [0.1, 0.15) is 11.1 Å². The molecule has 0 bridgehead atoms. The molecule has 0 fully saturated rings. The van der Waals surface area contributed by atoms with Crippen LogP contribution in [0.25, 0.3) is 5.52 Å². The van der Waals surface area contributed by atoms with Crippen LogP contribution < -0.4 is 0 Å². The number of aliphatic hydroxyl groups is 1. The maximum atomic E-state index is 9.01. The van der Waals surface area contributed by atoms with Crippen molar-refractivity contribution in [1.29, 1.82) is 0 Å². The predicted octanol–water partition coefficient (Wildman–Crippen LogP) is 3.12. The molecule has 0 unspecified atom stereocenters. The zero-order chi connectivity index (χ0) is 13.1. The van der Waals surface area contributed by atoms with Gasteiger partial charge >= 0.3 is 0 Å². The van der Waals surface area contributed by atoms with Crippen LogP contribution in [-0.4, -0.2) is 14.5 Å². The minimum atomic E-state index is 0.0956. The predicted molar refractivity (Wildman–Crippen MR) is 77.1 cm³/mol. The minimum Gasteiger partial charge on any atom is -0.392 e. The van der Waals surface area contributed by atoms with Crippen molar-refractivity contribution in [3.8, 4) is 0 Å². The number of imidazole rings is 1. The molecule has 3 nitrogen and oxygen atoms in total. The number of aliphatic hydroxyl groups excluding tert-OH is 1. The number of hydrogen-bond donors (Lipinski definition) is 1. The van der Waals surface area contributed by atoms with Gasteiger partial charge in [0, 0.05) is 11.9 Å². The summed E-state index contributed by atoms with van der Waals surface area (Å²) in [6.07, 6.45) is 3.91. The molecule has 0 aliphatic rings. The average Bonchev–Trinajstić information content (AvgIpc) is 2.89. The summed E-state index contributed by atoms with van der Waals surface area (Å²) < 4.78 is 2.09. The summed E-state index contributed by atoms with van der Waals surface area (Å²) in [4.78, 5) is 4.43. The van der Waals surface area contributed by atoms with E-state index in [1.165, 1.54) is 5.56 Å². The first-order valence-corrected chi connectivity index (χ1v) is 7.09. The Kier molecular flexibility index (Phi) is 3.53. The molecular formula is C15H14N2OS. The third kappa shape index (κ3) is 2.64. The zero-order valence-corrected chi connectivity index (χ0v) is 11.2. The standard InChI is InChI=1S/C15H14N2OS/c18-10-12-4-6-13(7-5-12)11-19-15-16-9-14-3-1-2-8-17(14)15/h1-9,18H,10-11H2. The third-order valence-corrected chi connectivity index (χ3v) is 4.02. The molecule has 0 saturated heterocycles. The van der Waals surface area contributed by atoms with Crippen molar-refractivity contribution >= 4 is 17.3 Å². The van der Waals surface area contributed by atoms with Crippen molar-refractivity contribution in [1.82, 2.24) is 9.38 Å². The molecule has 2 aromatic heterocycles. The quantitative estimate of drug-likeness (QED) is 0.740. The van der Waals surface area contributed by atoms with Gasteiger partial charge in [-0.3, -0.25) is 4.40 Å². The van der Waals surface area contributed by atoms with Crippen LogP contribution in [-0.2, 0) is 12.4 Å². The fraction of sp³-hybridized carbons (Fsp3) is 0.133. The lowest BCUT2D eigenvalue weighted by Gasteiger charge is -2.03. The van der Waals surface area contributed by atoms with Gasteiger partial charge in [0.15, 0.2) is 5.16 Å². The molecule has 1 aromatic carbocycles. The summed E-state index contributed by atoms with van der Waals surface area (Å²) in [7, 11) is 0. The molecule has 1 N–H and O–H groups in total. The lowest BCUT2D eigenvalue weighted by molar-refractivity contribution is 0.282. The first kappa shape index (κ1) is 12.3. The Labute approximate surface area is 115 Å². The van der Waals surface area contributed by atoms with Crippen LogP contribution in [0.2, 0.25) is 0 Å². The molecule has 2 heterocycles. The number of rotatable bonds is 4. The molecule has 19 heavy (non-hydrogen) atoms. The molecule has 3 rings (SSSR count). The summed E-state index contributed by atoms with van der Waals surface area (Å²) in [5, 5.41) is 10.0. The monoisotopic (exact) mass is 270 g/mol. The molecule has 4 heteroatoms. The van der Waals surface area contributed by atoms with Gasteiger partial charge in [0.05, 0.1) is 18.3 Å². The maximum absolute atomic E-state index is 9.01. The third-order valence-electron chi connectivity index (χ3n) is 2.98. The topological polar surface area (TPSA) is 37.5 Å². The molecule has 0 saturated carbocycles. The van der Waals surface area contributed by atoms with Gasteiger partial charge in [-0.05, 0) is 23.3 Å². The number of thioether (sulfide) groups is 1. The number of aromatic nitrogens is 2. The second-order valence-electron chi connectivity index (χ2n) is 4.30. The van der Waals surface area contributed by atoms with E-state index in [0.29, 0.717) is 0 Å². The average molecular weight is 270 g/mol. The Morgan fingerprint density at radius 1 is 1.05 bits per heavy atom. The van der Waals surface area contributed by atoms with Gasteiger partial charge < -0.3 is 5.11 Å². The van der Waals surface area contributed by atoms with Crippen LogP contribution in [0, 0.1) is 0 Å². The van der Waals surface area contributed by atoms with Crippen LogP contribution in [0.5, 0.6) is 0 Å². The normalized spacial score (nSPS) is 11.0. The smallest absolute Gasteiger partial charge is 0.172 e. The molecule has 0 aliphatic carbocycles. The van der Waals surface area contributed by atoms with Crippen molar-refractivity contribution in [2.75, 3.05) is 0 Å². The summed E-state index contributed by atoms with van der Waals surface area (Å²) in [5.74, 6) is 0.875. The number of benzene rings is 1. The first-order valence-electron chi connectivity index (χ1n) is 6.10. The zero-order valence-electron chi connectivity index (χ0n) is 10.4. The fourth-order valence-electron chi connectivity index (χ4n) is 1.91. The van der Waals surface area contributed by atoms with E-state index >= 15 is 0 Å². The highest BCUT2D eigenvalue weighted by Crippen LogP contribution is 2.22. The van der Waals surface area contributed by atoms with Gasteiger partial charge in [0.1, 0.15) is 0 Å². The molecule has 0 amide bonds. The summed E-state index contributed by atoms with van der Waals surface area (Å²) >= 11 is 1.71. The van der Waals surface area contributed by atoms with E-state index in [1.54, 1.807) is 11.8 Å². The SMILES string of the molecule is OCc1ccc(CSc2ncc3ccccn23)cc1. The van der Waals surface area contributed by atoms with Gasteiger partial charge in [-0.1, -0.05) is 42.1 Å². The molecule has 0 aliphatic heterocycles. The van der Waals surface area contributed by atoms with E-state index in [9.17, 15) is 0 Å². The minimum absolute atomic E-state index is 0.0956. The van der Waals surface area contributed by atoms with Gasteiger partial charge in [-0.15, -0.1) is 0 Å². The van der Waals surface area contributed by atoms with Gasteiger partial charge in [0.2, 0.25) is 0 Å². The largest absolute Gasteiger partial charge is 0.392 e. The van der Waals surface area contributed by atoms with E-state index in [0.717, 1.165) is 22.0 Å². The number of fused-ring (bicyclic) bond motifs is 1. The highest BCUT2D eigenvalue weighted by atomic mass is 32.2. The molecule has 0 radical (unpaired) electrons. The van der Waals surface area contributed by atoms with Crippen molar-refractivity contribution in [2.45, 2.75) is 17.5 Å². The Bertz CT molecular complexity index is 676. The molecule has 3 aromatic rings. The molecule has 0 spiro atoms. The number of nitrogens with zero attached hydrogens (tertiary/aromatic N) is 2. The second-order valence-corrected chi connectivity index (χ2v) is 5.24.